The molecule has 1 saturated heterocycles. The van der Waals surface area contributed by atoms with Crippen LogP contribution in [0, 0.1) is 11.3 Å². The molecule has 110 valence electrons. The Kier molecular flexibility index (Phi) is 4.85. The highest BCUT2D eigenvalue weighted by molar-refractivity contribution is 5.82. The minimum atomic E-state index is -0.274. The quantitative estimate of drug-likeness (QED) is 0.798. The topological polar surface area (TPSA) is 50.4 Å². The molecule has 0 aromatic rings. The third-order valence-electron chi connectivity index (χ3n) is 4.74. The highest BCUT2D eigenvalue weighted by Gasteiger charge is 2.40. The number of amides is 1. The number of hydrogen-bond acceptors (Lipinski definition) is 3. The molecule has 1 atom stereocenters. The van der Waals surface area contributed by atoms with Crippen molar-refractivity contribution in [3.8, 4) is 0 Å². The first kappa shape index (κ1) is 14.8. The summed E-state index contributed by atoms with van der Waals surface area (Å²) in [5.74, 6) is 0.658. The van der Waals surface area contributed by atoms with E-state index in [2.05, 4.69) is 24.5 Å². The summed E-state index contributed by atoms with van der Waals surface area (Å²) in [6.45, 7) is 9.01. The molecule has 2 fully saturated rings. The standard InChI is InChI=1S/C15H28N2O2/c1-4-19-13-8-12(9-13)17-14(18)15(2,3)11-6-5-7-16-10-11/h11-13,16H,4-10H2,1-3H3,(H,17,18). The Morgan fingerprint density at radius 1 is 1.42 bits per heavy atom. The number of piperidine rings is 1. The maximum atomic E-state index is 12.5. The van der Waals surface area contributed by atoms with Crippen molar-refractivity contribution in [3.63, 3.8) is 0 Å². The predicted molar refractivity (Wildman–Crippen MR) is 76.0 cm³/mol. The molecule has 1 amide bonds. The van der Waals surface area contributed by atoms with Crippen LogP contribution in [0.5, 0.6) is 0 Å². The Labute approximate surface area is 116 Å². The second-order valence-corrected chi connectivity index (χ2v) is 6.48. The molecule has 4 heteroatoms. The normalized spacial score (nSPS) is 31.6. The number of hydrogen-bond donors (Lipinski definition) is 2. The molecule has 0 aromatic heterocycles. The number of carbonyl (C=O) groups excluding carboxylic acids is 1. The minimum Gasteiger partial charge on any atom is -0.378 e. The first-order valence-electron chi connectivity index (χ1n) is 7.67. The number of ether oxygens (including phenoxy) is 1. The van der Waals surface area contributed by atoms with Crippen LogP contribution in [0.4, 0.5) is 0 Å². The lowest BCUT2D eigenvalue weighted by Crippen LogP contribution is -2.54. The van der Waals surface area contributed by atoms with Crippen LogP contribution in [0.15, 0.2) is 0 Å². The maximum absolute atomic E-state index is 12.5. The second kappa shape index (κ2) is 6.23. The monoisotopic (exact) mass is 268 g/mol. The van der Waals surface area contributed by atoms with E-state index in [9.17, 15) is 4.79 Å². The smallest absolute Gasteiger partial charge is 0.226 e. The molecular formula is C15H28N2O2. The lowest BCUT2D eigenvalue weighted by molar-refractivity contribution is -0.135. The zero-order chi connectivity index (χ0) is 13.9. The van der Waals surface area contributed by atoms with Crippen molar-refractivity contribution in [2.75, 3.05) is 19.7 Å². The fourth-order valence-electron chi connectivity index (χ4n) is 3.08. The van der Waals surface area contributed by atoms with Crippen LogP contribution in [0.2, 0.25) is 0 Å². The first-order valence-corrected chi connectivity index (χ1v) is 7.67. The van der Waals surface area contributed by atoms with E-state index in [1.165, 1.54) is 6.42 Å². The summed E-state index contributed by atoms with van der Waals surface area (Å²) in [5.41, 5.74) is -0.274. The number of rotatable bonds is 5. The first-order chi connectivity index (χ1) is 9.04. The Balaban J connectivity index is 1.78. The SMILES string of the molecule is CCOC1CC(NC(=O)C(C)(C)C2CCCNC2)C1. The van der Waals surface area contributed by atoms with E-state index in [1.807, 2.05) is 6.92 Å². The van der Waals surface area contributed by atoms with Crippen molar-refractivity contribution in [2.45, 2.75) is 58.6 Å². The zero-order valence-corrected chi connectivity index (χ0v) is 12.5. The van der Waals surface area contributed by atoms with Gasteiger partial charge in [-0.05, 0) is 51.6 Å². The lowest BCUT2D eigenvalue weighted by atomic mass is 9.73. The Hall–Kier alpha value is -0.610. The van der Waals surface area contributed by atoms with E-state index >= 15 is 0 Å². The van der Waals surface area contributed by atoms with Gasteiger partial charge in [-0.25, -0.2) is 0 Å². The van der Waals surface area contributed by atoms with Gasteiger partial charge in [0.25, 0.3) is 0 Å². The summed E-state index contributed by atoms with van der Waals surface area (Å²) in [6.07, 6.45) is 4.63. The van der Waals surface area contributed by atoms with Gasteiger partial charge in [-0.15, -0.1) is 0 Å². The third-order valence-corrected chi connectivity index (χ3v) is 4.74. The molecular weight excluding hydrogens is 240 g/mol. The van der Waals surface area contributed by atoms with Gasteiger partial charge >= 0.3 is 0 Å². The molecule has 1 unspecified atom stereocenters. The van der Waals surface area contributed by atoms with Crippen molar-refractivity contribution < 1.29 is 9.53 Å². The fraction of sp³-hybridized carbons (Fsp3) is 0.933. The van der Waals surface area contributed by atoms with Gasteiger partial charge in [0.15, 0.2) is 0 Å². The molecule has 2 rings (SSSR count). The van der Waals surface area contributed by atoms with Gasteiger partial charge in [0.2, 0.25) is 5.91 Å². The van der Waals surface area contributed by atoms with Crippen molar-refractivity contribution in [1.82, 2.24) is 10.6 Å². The molecule has 1 heterocycles. The molecule has 4 nitrogen and oxygen atoms in total. The van der Waals surface area contributed by atoms with Crippen LogP contribution >= 0.6 is 0 Å². The molecule has 19 heavy (non-hydrogen) atoms. The van der Waals surface area contributed by atoms with E-state index in [4.69, 9.17) is 4.74 Å². The highest BCUT2D eigenvalue weighted by Crippen LogP contribution is 2.33. The molecule has 0 radical (unpaired) electrons. The molecule has 0 bridgehead atoms. The lowest BCUT2D eigenvalue weighted by Gasteiger charge is -2.40. The Morgan fingerprint density at radius 3 is 2.74 bits per heavy atom. The summed E-state index contributed by atoms with van der Waals surface area (Å²) < 4.78 is 5.53. The van der Waals surface area contributed by atoms with Gasteiger partial charge in [0.1, 0.15) is 0 Å². The van der Waals surface area contributed by atoms with Gasteiger partial charge in [0.05, 0.1) is 6.10 Å². The average Bonchev–Trinajstić information content (AvgIpc) is 2.37. The van der Waals surface area contributed by atoms with Crippen molar-refractivity contribution in [2.24, 2.45) is 11.3 Å². The summed E-state index contributed by atoms with van der Waals surface area (Å²) in [4.78, 5) is 12.5. The van der Waals surface area contributed by atoms with Gasteiger partial charge < -0.3 is 15.4 Å². The van der Waals surface area contributed by atoms with Gasteiger partial charge in [-0.2, -0.15) is 0 Å². The summed E-state index contributed by atoms with van der Waals surface area (Å²) in [7, 11) is 0. The largest absolute Gasteiger partial charge is 0.378 e. The van der Waals surface area contributed by atoms with Crippen LogP contribution in [-0.4, -0.2) is 37.7 Å². The number of nitrogens with one attached hydrogen (secondary N) is 2. The fourth-order valence-corrected chi connectivity index (χ4v) is 3.08. The van der Waals surface area contributed by atoms with Crippen LogP contribution in [-0.2, 0) is 9.53 Å². The van der Waals surface area contributed by atoms with Gasteiger partial charge in [-0.1, -0.05) is 13.8 Å². The minimum absolute atomic E-state index is 0.209. The van der Waals surface area contributed by atoms with Crippen LogP contribution in [0.3, 0.4) is 0 Å². The molecule has 1 aliphatic heterocycles. The Morgan fingerprint density at radius 2 is 2.16 bits per heavy atom. The van der Waals surface area contributed by atoms with E-state index in [-0.39, 0.29) is 11.3 Å². The molecule has 0 aromatic carbocycles. The maximum Gasteiger partial charge on any atom is 0.226 e. The highest BCUT2D eigenvalue weighted by atomic mass is 16.5. The zero-order valence-electron chi connectivity index (χ0n) is 12.5. The van der Waals surface area contributed by atoms with E-state index in [0.717, 1.165) is 39.0 Å². The molecule has 2 N–H and O–H groups in total. The van der Waals surface area contributed by atoms with E-state index < -0.39 is 0 Å². The van der Waals surface area contributed by atoms with Crippen LogP contribution < -0.4 is 10.6 Å². The molecule has 1 saturated carbocycles. The van der Waals surface area contributed by atoms with Gasteiger partial charge in [0, 0.05) is 18.1 Å². The molecule has 0 spiro atoms. The molecule has 2 aliphatic rings. The predicted octanol–water partition coefficient (Wildman–Crippen LogP) is 1.70. The van der Waals surface area contributed by atoms with Crippen molar-refractivity contribution >= 4 is 5.91 Å². The summed E-state index contributed by atoms with van der Waals surface area (Å²) >= 11 is 0. The van der Waals surface area contributed by atoms with E-state index in [1.54, 1.807) is 0 Å². The van der Waals surface area contributed by atoms with Crippen LogP contribution in [0.25, 0.3) is 0 Å². The van der Waals surface area contributed by atoms with E-state index in [0.29, 0.717) is 18.1 Å². The van der Waals surface area contributed by atoms with Gasteiger partial charge in [-0.3, -0.25) is 4.79 Å². The summed E-state index contributed by atoms with van der Waals surface area (Å²) in [5, 5.41) is 6.60. The van der Waals surface area contributed by atoms with Crippen molar-refractivity contribution in [3.05, 3.63) is 0 Å². The second-order valence-electron chi connectivity index (χ2n) is 6.48. The average molecular weight is 268 g/mol. The number of carbonyl (C=O) groups is 1. The third kappa shape index (κ3) is 3.48. The molecule has 1 aliphatic carbocycles. The van der Waals surface area contributed by atoms with Crippen LogP contribution in [0.1, 0.15) is 46.5 Å². The summed E-state index contributed by atoms with van der Waals surface area (Å²) in [6, 6.07) is 0.319. The van der Waals surface area contributed by atoms with Crippen molar-refractivity contribution in [1.29, 1.82) is 0 Å². The Bertz CT molecular complexity index is 305.